The van der Waals surface area contributed by atoms with Crippen molar-refractivity contribution in [1.82, 2.24) is 58.6 Å². The van der Waals surface area contributed by atoms with Crippen LogP contribution in [0.3, 0.4) is 0 Å². The van der Waals surface area contributed by atoms with Crippen LogP contribution < -0.4 is 21.8 Å². The summed E-state index contributed by atoms with van der Waals surface area (Å²) >= 11 is 17.3. The third-order valence-electron chi connectivity index (χ3n) is 9.58. The molecule has 21 heteroatoms. The summed E-state index contributed by atoms with van der Waals surface area (Å²) in [6, 6.07) is 47.8. The fraction of sp³-hybridized carbons (Fsp3) is 0.0625. The number of fused-ring (bicyclic) bond motifs is 3. The lowest BCUT2D eigenvalue weighted by Crippen LogP contribution is -2.29. The second-order valence-electron chi connectivity index (χ2n) is 14.6. The van der Waals surface area contributed by atoms with Crippen LogP contribution in [0.4, 0.5) is 28.7 Å². The number of nitrogen functional groups attached to an aromatic ring is 1. The molecule has 69 heavy (non-hydrogen) atoms. The Bertz CT molecular complexity index is 3350. The van der Waals surface area contributed by atoms with Crippen LogP contribution >= 0.6 is 34.8 Å². The van der Waals surface area contributed by atoms with Crippen LogP contribution in [-0.4, -0.2) is 75.7 Å². The van der Waals surface area contributed by atoms with Crippen molar-refractivity contribution in [1.29, 1.82) is 0 Å². The molecule has 0 aliphatic carbocycles. The maximum atomic E-state index is 8.58. The summed E-state index contributed by atoms with van der Waals surface area (Å²) in [4.78, 5) is 38.1. The highest BCUT2D eigenvalue weighted by Crippen LogP contribution is 2.27. The molecule has 346 valence electrons. The predicted molar refractivity (Wildman–Crippen MR) is 276 cm³/mol. The molecular weight excluding hydrogens is 936 g/mol. The number of nitrogens with zero attached hydrogens (tertiary/aromatic N) is 12. The molecule has 0 radical (unpaired) electrons. The van der Waals surface area contributed by atoms with E-state index in [4.69, 9.17) is 50.6 Å². The Labute approximate surface area is 411 Å². The van der Waals surface area contributed by atoms with Crippen molar-refractivity contribution in [3.8, 4) is 11.4 Å². The largest absolute Gasteiger partial charge is 0.488 e. The maximum absolute atomic E-state index is 8.58. The molecule has 0 atom stereocenters. The van der Waals surface area contributed by atoms with Crippen molar-refractivity contribution >= 4 is 110 Å². The molecule has 5 aromatic carbocycles. The lowest BCUT2D eigenvalue weighted by molar-refractivity contribution is 0.426. The molecule has 0 aliphatic rings. The minimum absolute atomic E-state index is 0.135. The molecule has 0 fully saturated rings. The van der Waals surface area contributed by atoms with E-state index >= 15 is 0 Å². The highest BCUT2D eigenvalue weighted by Gasteiger charge is 2.14. The van der Waals surface area contributed by atoms with E-state index in [1.165, 1.54) is 0 Å². The number of hydrogen-bond donors (Lipinski definition) is 5. The average molecular weight is 979 g/mol. The van der Waals surface area contributed by atoms with E-state index in [2.05, 4.69) is 55.5 Å². The Morgan fingerprint density at radius 2 is 0.855 bits per heavy atom. The van der Waals surface area contributed by atoms with E-state index in [1.54, 1.807) is 52.4 Å². The summed E-state index contributed by atoms with van der Waals surface area (Å²) in [5, 5.41) is 24.3. The van der Waals surface area contributed by atoms with E-state index in [1.807, 2.05) is 153 Å². The minimum Gasteiger partial charge on any atom is -0.423 e. The normalized spacial score (nSPS) is 10.4. The number of nitrogens with two attached hydrogens (primary N) is 1. The summed E-state index contributed by atoms with van der Waals surface area (Å²) in [7, 11) is 4.27. The van der Waals surface area contributed by atoms with Crippen molar-refractivity contribution in [3.05, 3.63) is 186 Å². The lowest BCUT2D eigenvalue weighted by atomic mass is 9.81. The minimum atomic E-state index is -1.34. The predicted octanol–water partition coefficient (Wildman–Crippen LogP) is 8.84. The summed E-state index contributed by atoms with van der Waals surface area (Å²) in [6.07, 6.45) is 5.05. The topological polar surface area (TPSA) is 221 Å². The molecule has 0 bridgehead atoms. The maximum Gasteiger partial charge on any atom is 0.488 e. The van der Waals surface area contributed by atoms with Gasteiger partial charge in [-0.2, -0.15) is 15.0 Å². The van der Waals surface area contributed by atoms with Crippen LogP contribution in [0.15, 0.2) is 171 Å². The summed E-state index contributed by atoms with van der Waals surface area (Å²) in [5.74, 6) is 2.00. The fourth-order valence-corrected chi connectivity index (χ4v) is 6.81. The molecule has 11 rings (SSSR count). The zero-order chi connectivity index (χ0) is 48.7. The van der Waals surface area contributed by atoms with Gasteiger partial charge >= 0.3 is 7.12 Å². The highest BCUT2D eigenvalue weighted by atomic mass is 35.5. The quantitative estimate of drug-likeness (QED) is 0.0455. The van der Waals surface area contributed by atoms with E-state index in [0.717, 1.165) is 33.8 Å². The average Bonchev–Trinajstić information content (AvgIpc) is 4.06. The third kappa shape index (κ3) is 13.3. The van der Waals surface area contributed by atoms with Gasteiger partial charge in [-0.1, -0.05) is 127 Å². The molecule has 6 heterocycles. The number of halogens is 3. The zero-order valence-corrected chi connectivity index (χ0v) is 39.5. The van der Waals surface area contributed by atoms with Gasteiger partial charge in [0, 0.05) is 43.8 Å². The SMILES string of the molecule is Cn1cnc2c(Cl)nc(Cl)nc21.Cn1cnc2c(Nc3ccccc3)nc(-c3ccccc3)nc21.Cn1cnc2c(Nc3ccccc3)nc(Cl)nc21.Nc1ccccc1.OB(O)c1ccccc1. The molecule has 0 aliphatic heterocycles. The van der Waals surface area contributed by atoms with Gasteiger partial charge in [0.15, 0.2) is 50.6 Å². The first-order valence-electron chi connectivity index (χ1n) is 20.9. The molecule has 6 N–H and O–H groups in total. The van der Waals surface area contributed by atoms with Crippen molar-refractivity contribution in [2.75, 3.05) is 16.4 Å². The molecule has 0 amide bonds. The van der Waals surface area contributed by atoms with E-state index in [0.29, 0.717) is 45.3 Å². The van der Waals surface area contributed by atoms with Crippen molar-refractivity contribution < 1.29 is 10.0 Å². The van der Waals surface area contributed by atoms with Crippen molar-refractivity contribution in [2.45, 2.75) is 0 Å². The number of benzene rings is 5. The standard InChI is InChI=1S/C18H15N5.C12H10ClN5.C6H7BO2.C6H4Cl2N4.C6H7N/c1-23-12-19-15-17(20-14-10-6-3-7-11-14)21-16(22-18(15)23)13-8-4-2-5-9-13;1-18-7-14-9-10(16-12(13)17-11(9)18)15-8-5-3-2-4-6-8;8-7(9)6-4-2-1-3-5-6;1-12-2-9-3-4(7)10-6(8)11-5(3)12;7-6-4-2-1-3-5-6/h2-12H,1H3,(H,20,21,22);2-7H,1H3,(H,15,16,17);1-5,8-9H;2H,1H3;1-5H,7H2. The number of imidazole rings is 3. The van der Waals surface area contributed by atoms with Crippen LogP contribution in [-0.2, 0) is 21.1 Å². The van der Waals surface area contributed by atoms with Gasteiger partial charge in [-0.15, -0.1) is 0 Å². The van der Waals surface area contributed by atoms with Gasteiger partial charge in [0.2, 0.25) is 10.6 Å². The molecule has 6 aromatic heterocycles. The Morgan fingerprint density at radius 3 is 1.30 bits per heavy atom. The number of anilines is 5. The molecule has 0 saturated carbocycles. The van der Waals surface area contributed by atoms with Crippen LogP contribution in [0.2, 0.25) is 15.7 Å². The highest BCUT2D eigenvalue weighted by molar-refractivity contribution is 6.58. The first kappa shape index (κ1) is 48.9. The Balaban J connectivity index is 0.000000136. The second kappa shape index (κ2) is 23.6. The first-order chi connectivity index (χ1) is 33.4. The van der Waals surface area contributed by atoms with Gasteiger partial charge in [-0.25, -0.2) is 29.9 Å². The number of para-hydroxylation sites is 3. The van der Waals surface area contributed by atoms with Crippen LogP contribution in [0, 0.1) is 0 Å². The lowest BCUT2D eigenvalue weighted by Gasteiger charge is -2.09. The molecular formula is C48H43BCl3N15O2. The second-order valence-corrected chi connectivity index (χ2v) is 15.7. The molecule has 11 aromatic rings. The van der Waals surface area contributed by atoms with E-state index in [-0.39, 0.29) is 15.7 Å². The van der Waals surface area contributed by atoms with Gasteiger partial charge in [0.1, 0.15) is 5.52 Å². The number of aromatic nitrogens is 12. The molecule has 17 nitrogen and oxygen atoms in total. The van der Waals surface area contributed by atoms with Gasteiger partial charge < -0.3 is 40.1 Å². The van der Waals surface area contributed by atoms with Crippen molar-refractivity contribution in [2.24, 2.45) is 21.1 Å². The Kier molecular flexibility index (Phi) is 16.8. The number of hydrogen-bond acceptors (Lipinski definition) is 14. The van der Waals surface area contributed by atoms with Crippen molar-refractivity contribution in [3.63, 3.8) is 0 Å². The molecule has 0 spiro atoms. The van der Waals surface area contributed by atoms with Gasteiger partial charge in [-0.3, -0.25) is 0 Å². The third-order valence-corrected chi connectivity index (χ3v) is 10.2. The van der Waals surface area contributed by atoms with Gasteiger partial charge in [0.05, 0.1) is 19.0 Å². The van der Waals surface area contributed by atoms with E-state index in [9.17, 15) is 0 Å². The van der Waals surface area contributed by atoms with Crippen LogP contribution in [0.5, 0.6) is 0 Å². The molecule has 0 unspecified atom stereocenters. The monoisotopic (exact) mass is 977 g/mol. The van der Waals surface area contributed by atoms with Gasteiger partial charge in [-0.05, 0) is 65.1 Å². The Morgan fingerprint density at radius 1 is 0.464 bits per heavy atom. The number of nitrogens with one attached hydrogen (secondary N) is 2. The van der Waals surface area contributed by atoms with Crippen LogP contribution in [0.25, 0.3) is 44.9 Å². The molecule has 0 saturated heterocycles. The van der Waals surface area contributed by atoms with Crippen LogP contribution in [0.1, 0.15) is 0 Å². The van der Waals surface area contributed by atoms with Gasteiger partial charge in [0.25, 0.3) is 0 Å². The number of rotatable bonds is 6. The fourth-order valence-electron chi connectivity index (χ4n) is 6.22. The van der Waals surface area contributed by atoms with E-state index < -0.39 is 7.12 Å². The first-order valence-corrected chi connectivity index (χ1v) is 22.0. The summed E-state index contributed by atoms with van der Waals surface area (Å²) < 4.78 is 5.44. The number of aryl methyl sites for hydroxylation is 3. The zero-order valence-electron chi connectivity index (χ0n) is 37.2. The smallest absolute Gasteiger partial charge is 0.423 e. The summed E-state index contributed by atoms with van der Waals surface area (Å²) in [6.45, 7) is 0. The summed E-state index contributed by atoms with van der Waals surface area (Å²) in [5.41, 5.74) is 13.8. The Hall–Kier alpha value is -8.00.